The van der Waals surface area contributed by atoms with Gasteiger partial charge in [-0.2, -0.15) is 24.5 Å². The Balaban J connectivity index is 2.09. The van der Waals surface area contributed by atoms with E-state index in [1.54, 1.807) is 11.3 Å². The van der Waals surface area contributed by atoms with Crippen molar-refractivity contribution in [2.75, 3.05) is 6.54 Å². The first kappa shape index (κ1) is 10.5. The Morgan fingerprint density at radius 3 is 2.69 bits per heavy atom. The second kappa shape index (κ2) is 4.62. The van der Waals surface area contributed by atoms with Crippen molar-refractivity contribution in [1.29, 1.82) is 0 Å². The normalized spacial score (nSPS) is 11.9. The molecule has 0 amide bonds. The molecule has 13 heavy (non-hydrogen) atoms. The van der Waals surface area contributed by atoms with Gasteiger partial charge in [-0.3, -0.25) is 0 Å². The Kier molecular flexibility index (Phi) is 3.74. The maximum Gasteiger partial charge on any atom is 0.390 e. The van der Waals surface area contributed by atoms with Crippen molar-refractivity contribution < 1.29 is 13.2 Å². The van der Waals surface area contributed by atoms with Gasteiger partial charge >= 0.3 is 6.18 Å². The Bertz CT molecular complexity index is 230. The lowest BCUT2D eigenvalue weighted by Gasteiger charge is -2.06. The summed E-state index contributed by atoms with van der Waals surface area (Å²) >= 11 is 1.54. The van der Waals surface area contributed by atoms with Gasteiger partial charge in [0.25, 0.3) is 0 Å². The molecule has 1 rings (SSSR count). The van der Waals surface area contributed by atoms with Crippen molar-refractivity contribution in [3.8, 4) is 0 Å². The zero-order valence-electron chi connectivity index (χ0n) is 6.90. The van der Waals surface area contributed by atoms with Crippen LogP contribution in [0.4, 0.5) is 13.2 Å². The van der Waals surface area contributed by atoms with E-state index in [0.717, 1.165) is 5.56 Å². The molecule has 0 aliphatic rings. The Morgan fingerprint density at radius 1 is 1.38 bits per heavy atom. The molecule has 0 aliphatic heterocycles. The molecule has 0 bridgehead atoms. The van der Waals surface area contributed by atoms with Gasteiger partial charge in [0.2, 0.25) is 0 Å². The van der Waals surface area contributed by atoms with E-state index >= 15 is 0 Å². The third-order valence-electron chi connectivity index (χ3n) is 1.49. The Labute approximate surface area is 78.6 Å². The maximum absolute atomic E-state index is 11.7. The maximum atomic E-state index is 11.7. The second-order valence-electron chi connectivity index (χ2n) is 2.67. The summed E-state index contributed by atoms with van der Waals surface area (Å²) in [5.41, 5.74) is 1.03. The molecule has 0 saturated heterocycles. The highest BCUT2D eigenvalue weighted by Crippen LogP contribution is 2.18. The van der Waals surface area contributed by atoms with Crippen molar-refractivity contribution in [2.45, 2.75) is 19.1 Å². The van der Waals surface area contributed by atoms with Crippen molar-refractivity contribution in [3.05, 3.63) is 22.4 Å². The summed E-state index contributed by atoms with van der Waals surface area (Å²) in [4.78, 5) is 0. The number of alkyl halides is 3. The molecule has 0 atom stereocenters. The summed E-state index contributed by atoms with van der Waals surface area (Å²) in [6, 6.07) is 1.89. The number of hydrogen-bond donors (Lipinski definition) is 1. The molecule has 1 N–H and O–H groups in total. The van der Waals surface area contributed by atoms with Crippen molar-refractivity contribution in [2.24, 2.45) is 0 Å². The molecule has 5 heteroatoms. The summed E-state index contributed by atoms with van der Waals surface area (Å²) in [5, 5.41) is 6.55. The van der Waals surface area contributed by atoms with E-state index in [1.807, 2.05) is 16.8 Å². The molecule has 1 aromatic rings. The second-order valence-corrected chi connectivity index (χ2v) is 3.45. The Morgan fingerprint density at radius 2 is 2.15 bits per heavy atom. The van der Waals surface area contributed by atoms with Gasteiger partial charge in [-0.25, -0.2) is 0 Å². The SMILES string of the molecule is FC(F)(F)CCNCc1ccsc1. The topological polar surface area (TPSA) is 12.0 Å². The van der Waals surface area contributed by atoms with Crippen LogP contribution in [0, 0.1) is 0 Å². The molecule has 0 saturated carbocycles. The third-order valence-corrected chi connectivity index (χ3v) is 2.23. The fourth-order valence-corrected chi connectivity index (χ4v) is 1.52. The van der Waals surface area contributed by atoms with Crippen LogP contribution in [-0.4, -0.2) is 12.7 Å². The van der Waals surface area contributed by atoms with Crippen LogP contribution in [0.3, 0.4) is 0 Å². The molecular formula is C8H10F3NS. The molecule has 0 aliphatic carbocycles. The molecular weight excluding hydrogens is 199 g/mol. The first-order valence-corrected chi connectivity index (χ1v) is 4.81. The lowest BCUT2D eigenvalue weighted by molar-refractivity contribution is -0.133. The summed E-state index contributed by atoms with van der Waals surface area (Å²) in [7, 11) is 0. The Hall–Kier alpha value is -0.550. The number of halogens is 3. The van der Waals surface area contributed by atoms with E-state index in [2.05, 4.69) is 5.32 Å². The standard InChI is InChI=1S/C8H10F3NS/c9-8(10,11)2-3-12-5-7-1-4-13-6-7/h1,4,6,12H,2-3,5H2. The van der Waals surface area contributed by atoms with Crippen LogP contribution in [0.2, 0.25) is 0 Å². The number of nitrogens with one attached hydrogen (secondary N) is 1. The number of hydrogen-bond acceptors (Lipinski definition) is 2. The highest BCUT2D eigenvalue weighted by molar-refractivity contribution is 7.07. The summed E-state index contributed by atoms with van der Waals surface area (Å²) in [6.07, 6.45) is -4.82. The smallest absolute Gasteiger partial charge is 0.312 e. The van der Waals surface area contributed by atoms with E-state index in [4.69, 9.17) is 0 Å². The van der Waals surface area contributed by atoms with Crippen LogP contribution in [0.15, 0.2) is 16.8 Å². The predicted octanol–water partition coefficient (Wildman–Crippen LogP) is 2.79. The quantitative estimate of drug-likeness (QED) is 0.752. The fraction of sp³-hybridized carbons (Fsp3) is 0.500. The molecule has 74 valence electrons. The average molecular weight is 209 g/mol. The van der Waals surface area contributed by atoms with Crippen LogP contribution in [0.25, 0.3) is 0 Å². The molecule has 1 nitrogen and oxygen atoms in total. The van der Waals surface area contributed by atoms with Gasteiger partial charge in [0.05, 0.1) is 6.42 Å². The zero-order chi connectivity index (χ0) is 9.73. The molecule has 0 aromatic carbocycles. The van der Waals surface area contributed by atoms with E-state index in [9.17, 15) is 13.2 Å². The van der Waals surface area contributed by atoms with Crippen molar-refractivity contribution in [3.63, 3.8) is 0 Å². The van der Waals surface area contributed by atoms with E-state index in [0.29, 0.717) is 6.54 Å². The third kappa shape index (κ3) is 4.90. The van der Waals surface area contributed by atoms with Gasteiger partial charge in [0.1, 0.15) is 0 Å². The minimum Gasteiger partial charge on any atom is -0.312 e. The van der Waals surface area contributed by atoms with Crippen molar-refractivity contribution in [1.82, 2.24) is 5.32 Å². The van der Waals surface area contributed by atoms with E-state index < -0.39 is 12.6 Å². The van der Waals surface area contributed by atoms with Gasteiger partial charge < -0.3 is 5.32 Å². The summed E-state index contributed by atoms with van der Waals surface area (Å²) in [6.45, 7) is 0.499. The van der Waals surface area contributed by atoms with Gasteiger partial charge in [0.15, 0.2) is 0 Å². The molecule has 1 heterocycles. The molecule has 1 aromatic heterocycles. The first-order valence-electron chi connectivity index (χ1n) is 3.86. The minimum absolute atomic E-state index is 0.0145. The lowest BCUT2D eigenvalue weighted by Crippen LogP contribution is -2.21. The molecule has 0 spiro atoms. The molecule has 0 fully saturated rings. The monoisotopic (exact) mass is 209 g/mol. The van der Waals surface area contributed by atoms with Crippen LogP contribution >= 0.6 is 11.3 Å². The van der Waals surface area contributed by atoms with E-state index in [1.165, 1.54) is 0 Å². The lowest BCUT2D eigenvalue weighted by atomic mass is 10.3. The minimum atomic E-state index is -4.05. The van der Waals surface area contributed by atoms with Gasteiger partial charge in [-0.05, 0) is 22.4 Å². The van der Waals surface area contributed by atoms with Crippen LogP contribution < -0.4 is 5.32 Å². The van der Waals surface area contributed by atoms with E-state index in [-0.39, 0.29) is 6.54 Å². The van der Waals surface area contributed by atoms with Crippen LogP contribution in [0.5, 0.6) is 0 Å². The predicted molar refractivity (Wildman–Crippen MR) is 46.7 cm³/mol. The van der Waals surface area contributed by atoms with Crippen molar-refractivity contribution >= 4 is 11.3 Å². The highest BCUT2D eigenvalue weighted by atomic mass is 32.1. The summed E-state index contributed by atoms with van der Waals surface area (Å²) < 4.78 is 35.1. The average Bonchev–Trinajstić information content (AvgIpc) is 2.48. The largest absolute Gasteiger partial charge is 0.390 e. The van der Waals surface area contributed by atoms with Gasteiger partial charge in [0, 0.05) is 13.1 Å². The molecule has 0 radical (unpaired) electrons. The first-order chi connectivity index (χ1) is 6.08. The highest BCUT2D eigenvalue weighted by Gasteiger charge is 2.25. The zero-order valence-corrected chi connectivity index (χ0v) is 7.71. The van der Waals surface area contributed by atoms with Gasteiger partial charge in [-0.1, -0.05) is 0 Å². The fourth-order valence-electron chi connectivity index (χ4n) is 0.856. The number of thiophene rings is 1. The summed E-state index contributed by atoms with van der Waals surface area (Å²) in [5.74, 6) is 0. The van der Waals surface area contributed by atoms with Crippen LogP contribution in [0.1, 0.15) is 12.0 Å². The van der Waals surface area contributed by atoms with Gasteiger partial charge in [-0.15, -0.1) is 0 Å². The molecule has 0 unspecified atom stereocenters. The van der Waals surface area contributed by atoms with Crippen LogP contribution in [-0.2, 0) is 6.54 Å². The number of rotatable bonds is 4.